The Hall–Kier alpha value is -1.26. The van der Waals surface area contributed by atoms with Gasteiger partial charge >= 0.3 is 0 Å². The number of hydrogen-bond acceptors (Lipinski definition) is 4. The molecule has 2 aliphatic rings. The van der Waals surface area contributed by atoms with Crippen molar-refractivity contribution in [2.45, 2.75) is 50.9 Å². The van der Waals surface area contributed by atoms with E-state index in [2.05, 4.69) is 36.1 Å². The van der Waals surface area contributed by atoms with Crippen LogP contribution >= 0.6 is 0 Å². The molecule has 0 aliphatic carbocycles. The normalized spacial score (nSPS) is 27.0. The Kier molecular flexibility index (Phi) is 4.66. The number of anilines is 1. The van der Waals surface area contributed by atoms with Gasteiger partial charge in [-0.1, -0.05) is 0 Å². The molecule has 2 heterocycles. The third kappa shape index (κ3) is 3.89. The Morgan fingerprint density at radius 2 is 1.86 bits per heavy atom. The van der Waals surface area contributed by atoms with Gasteiger partial charge in [-0.25, -0.2) is 0 Å². The lowest BCUT2D eigenvalue weighted by molar-refractivity contribution is 0.0264. The molecule has 2 unspecified atom stereocenters. The maximum absolute atomic E-state index is 5.95. The van der Waals surface area contributed by atoms with Gasteiger partial charge in [-0.3, -0.25) is 0 Å². The monoisotopic (exact) mass is 290 g/mol. The summed E-state index contributed by atoms with van der Waals surface area (Å²) in [6.45, 7) is 4.88. The number of benzene rings is 1. The van der Waals surface area contributed by atoms with Crippen molar-refractivity contribution >= 4 is 5.69 Å². The summed E-state index contributed by atoms with van der Waals surface area (Å²) >= 11 is 0. The third-order valence-electron chi connectivity index (χ3n) is 4.50. The van der Waals surface area contributed by atoms with Gasteiger partial charge in [0.2, 0.25) is 0 Å². The van der Waals surface area contributed by atoms with Crippen molar-refractivity contribution in [1.29, 1.82) is 0 Å². The van der Waals surface area contributed by atoms with E-state index in [0.29, 0.717) is 18.8 Å². The summed E-state index contributed by atoms with van der Waals surface area (Å²) in [5.41, 5.74) is 7.21. The van der Waals surface area contributed by atoms with Gasteiger partial charge in [0.05, 0.1) is 12.2 Å². The largest absolute Gasteiger partial charge is 0.491 e. The first-order valence-electron chi connectivity index (χ1n) is 8.09. The SMILES string of the molecule is CC1CCC(COc2ccc(N3CCC(N)CC3)cc2)O1. The quantitative estimate of drug-likeness (QED) is 0.926. The second-order valence-corrected chi connectivity index (χ2v) is 6.28. The Balaban J connectivity index is 1.49. The molecule has 0 radical (unpaired) electrons. The van der Waals surface area contributed by atoms with Gasteiger partial charge in [-0.05, 0) is 56.9 Å². The molecule has 0 amide bonds. The molecule has 3 rings (SSSR count). The molecule has 2 atom stereocenters. The maximum atomic E-state index is 5.95. The molecule has 4 heteroatoms. The summed E-state index contributed by atoms with van der Waals surface area (Å²) in [7, 11) is 0. The number of rotatable bonds is 4. The Morgan fingerprint density at radius 1 is 1.14 bits per heavy atom. The van der Waals surface area contributed by atoms with Crippen LogP contribution in [0.1, 0.15) is 32.6 Å². The summed E-state index contributed by atoms with van der Waals surface area (Å²) in [6.07, 6.45) is 5.04. The molecule has 2 N–H and O–H groups in total. The fourth-order valence-electron chi connectivity index (χ4n) is 3.11. The predicted octanol–water partition coefficient (Wildman–Crippen LogP) is 2.56. The third-order valence-corrected chi connectivity index (χ3v) is 4.50. The molecule has 4 nitrogen and oxygen atoms in total. The first-order valence-corrected chi connectivity index (χ1v) is 8.09. The highest BCUT2D eigenvalue weighted by Gasteiger charge is 2.22. The molecular weight excluding hydrogens is 264 g/mol. The van der Waals surface area contributed by atoms with Crippen molar-refractivity contribution in [3.8, 4) is 5.75 Å². The molecule has 1 aromatic carbocycles. The number of nitrogens with zero attached hydrogens (tertiary/aromatic N) is 1. The Morgan fingerprint density at radius 3 is 2.48 bits per heavy atom. The van der Waals surface area contributed by atoms with Gasteiger partial charge in [0.1, 0.15) is 12.4 Å². The van der Waals surface area contributed by atoms with E-state index in [1.165, 1.54) is 5.69 Å². The molecule has 0 saturated carbocycles. The van der Waals surface area contributed by atoms with Crippen LogP contribution in [-0.4, -0.2) is 37.9 Å². The second-order valence-electron chi connectivity index (χ2n) is 6.28. The molecule has 2 fully saturated rings. The van der Waals surface area contributed by atoms with Crippen molar-refractivity contribution in [2.24, 2.45) is 5.73 Å². The van der Waals surface area contributed by atoms with Crippen molar-refractivity contribution in [2.75, 3.05) is 24.6 Å². The molecule has 0 spiro atoms. The van der Waals surface area contributed by atoms with E-state index in [-0.39, 0.29) is 6.10 Å². The lowest BCUT2D eigenvalue weighted by atomic mass is 10.1. The fourth-order valence-corrected chi connectivity index (χ4v) is 3.11. The van der Waals surface area contributed by atoms with Crippen molar-refractivity contribution in [3.63, 3.8) is 0 Å². The first kappa shape index (κ1) is 14.7. The van der Waals surface area contributed by atoms with E-state index >= 15 is 0 Å². The second kappa shape index (κ2) is 6.67. The van der Waals surface area contributed by atoms with Gasteiger partial charge < -0.3 is 20.1 Å². The van der Waals surface area contributed by atoms with Crippen molar-refractivity contribution < 1.29 is 9.47 Å². The highest BCUT2D eigenvalue weighted by Crippen LogP contribution is 2.24. The standard InChI is InChI=1S/C17H26N2O2/c1-13-2-5-17(21-13)12-20-16-6-3-15(4-7-16)19-10-8-14(18)9-11-19/h3-4,6-7,13-14,17H,2,5,8-12,18H2,1H3. The minimum atomic E-state index is 0.253. The smallest absolute Gasteiger partial charge is 0.119 e. The highest BCUT2D eigenvalue weighted by molar-refractivity contribution is 5.49. The lowest BCUT2D eigenvalue weighted by Crippen LogP contribution is -2.39. The summed E-state index contributed by atoms with van der Waals surface area (Å²) in [5.74, 6) is 0.926. The zero-order valence-electron chi connectivity index (χ0n) is 12.8. The summed E-state index contributed by atoms with van der Waals surface area (Å²) in [4.78, 5) is 2.40. The number of hydrogen-bond donors (Lipinski definition) is 1. The van der Waals surface area contributed by atoms with E-state index in [9.17, 15) is 0 Å². The zero-order valence-corrected chi connectivity index (χ0v) is 12.8. The van der Waals surface area contributed by atoms with E-state index in [1.807, 2.05) is 0 Å². The first-order chi connectivity index (χ1) is 10.2. The average Bonchev–Trinajstić information content (AvgIpc) is 2.92. The summed E-state index contributed by atoms with van der Waals surface area (Å²) < 4.78 is 11.6. The molecule has 21 heavy (non-hydrogen) atoms. The van der Waals surface area contributed by atoms with Gasteiger partial charge in [0.15, 0.2) is 0 Å². The zero-order chi connectivity index (χ0) is 14.7. The van der Waals surface area contributed by atoms with E-state index in [4.69, 9.17) is 15.2 Å². The summed E-state index contributed by atoms with van der Waals surface area (Å²) in [6, 6.07) is 8.77. The van der Waals surface area contributed by atoms with Crippen LogP contribution in [0.25, 0.3) is 0 Å². The molecule has 2 aliphatic heterocycles. The maximum Gasteiger partial charge on any atom is 0.119 e. The van der Waals surface area contributed by atoms with Gasteiger partial charge in [0, 0.05) is 24.8 Å². The molecule has 1 aromatic rings. The van der Waals surface area contributed by atoms with E-state index < -0.39 is 0 Å². The Labute approximate surface area is 127 Å². The minimum Gasteiger partial charge on any atom is -0.491 e. The number of piperidine rings is 1. The fraction of sp³-hybridized carbons (Fsp3) is 0.647. The predicted molar refractivity (Wildman–Crippen MR) is 84.9 cm³/mol. The number of ether oxygens (including phenoxy) is 2. The van der Waals surface area contributed by atoms with Crippen LogP contribution in [0.4, 0.5) is 5.69 Å². The molecule has 116 valence electrons. The average molecular weight is 290 g/mol. The molecule has 0 bridgehead atoms. The van der Waals surface area contributed by atoms with Gasteiger partial charge in [-0.2, -0.15) is 0 Å². The highest BCUT2D eigenvalue weighted by atomic mass is 16.5. The Bertz CT molecular complexity index is 441. The van der Waals surface area contributed by atoms with Crippen LogP contribution in [0.5, 0.6) is 5.75 Å². The summed E-state index contributed by atoms with van der Waals surface area (Å²) in [5, 5.41) is 0. The number of nitrogens with two attached hydrogens (primary N) is 1. The van der Waals surface area contributed by atoms with E-state index in [1.54, 1.807) is 0 Å². The molecule has 2 saturated heterocycles. The van der Waals surface area contributed by atoms with Crippen molar-refractivity contribution in [1.82, 2.24) is 0 Å². The van der Waals surface area contributed by atoms with Gasteiger partial charge in [0.25, 0.3) is 0 Å². The molecule has 0 aromatic heterocycles. The topological polar surface area (TPSA) is 47.7 Å². The van der Waals surface area contributed by atoms with E-state index in [0.717, 1.165) is 44.5 Å². The minimum absolute atomic E-state index is 0.253. The van der Waals surface area contributed by atoms with Crippen LogP contribution in [0.15, 0.2) is 24.3 Å². The van der Waals surface area contributed by atoms with Crippen LogP contribution in [0.2, 0.25) is 0 Å². The lowest BCUT2D eigenvalue weighted by Gasteiger charge is -2.32. The van der Waals surface area contributed by atoms with Gasteiger partial charge in [-0.15, -0.1) is 0 Å². The van der Waals surface area contributed by atoms with Crippen molar-refractivity contribution in [3.05, 3.63) is 24.3 Å². The van der Waals surface area contributed by atoms with Crippen LogP contribution in [-0.2, 0) is 4.74 Å². The molecular formula is C17H26N2O2. The van der Waals surface area contributed by atoms with Crippen LogP contribution < -0.4 is 15.4 Å². The van der Waals surface area contributed by atoms with Crippen LogP contribution in [0.3, 0.4) is 0 Å². The van der Waals surface area contributed by atoms with Crippen LogP contribution in [0, 0.1) is 0 Å².